The number of hydrogen-bond donors (Lipinski definition) is 3. The number of nitrogens with one attached hydrogen (secondary N) is 2. The van der Waals surface area contributed by atoms with Gasteiger partial charge >= 0.3 is 6.03 Å². The summed E-state index contributed by atoms with van der Waals surface area (Å²) in [6.45, 7) is 0. The van der Waals surface area contributed by atoms with Crippen LogP contribution >= 0.6 is 11.6 Å². The predicted molar refractivity (Wildman–Crippen MR) is 79.7 cm³/mol. The number of nitrogens with zero attached hydrogens (tertiary/aromatic N) is 1. The molecule has 7 nitrogen and oxygen atoms in total. The van der Waals surface area contributed by atoms with Gasteiger partial charge in [-0.2, -0.15) is 0 Å². The van der Waals surface area contributed by atoms with Crippen molar-refractivity contribution in [1.82, 2.24) is 4.98 Å². The van der Waals surface area contributed by atoms with Crippen LogP contribution in [0.25, 0.3) is 0 Å². The van der Waals surface area contributed by atoms with E-state index in [2.05, 4.69) is 15.0 Å². The highest BCUT2D eigenvalue weighted by Crippen LogP contribution is 2.20. The summed E-state index contributed by atoms with van der Waals surface area (Å²) in [6.07, 6.45) is 1.29. The molecule has 0 unspecified atom stereocenters. The fourth-order valence-electron chi connectivity index (χ4n) is 1.57. The van der Waals surface area contributed by atoms with Crippen molar-refractivity contribution in [3.63, 3.8) is 0 Å². The topological polar surface area (TPSA) is 114 Å². The first-order valence-electron chi connectivity index (χ1n) is 5.68. The number of amides is 2. The van der Waals surface area contributed by atoms with Crippen LogP contribution < -0.4 is 15.8 Å². The number of anilines is 2. The first-order valence-corrected chi connectivity index (χ1v) is 7.54. The van der Waals surface area contributed by atoms with E-state index in [-0.39, 0.29) is 15.7 Å². The van der Waals surface area contributed by atoms with E-state index in [1.807, 2.05) is 0 Å². The van der Waals surface area contributed by atoms with Crippen molar-refractivity contribution in [1.29, 1.82) is 0 Å². The van der Waals surface area contributed by atoms with Gasteiger partial charge in [-0.25, -0.2) is 18.2 Å². The van der Waals surface area contributed by atoms with E-state index < -0.39 is 16.1 Å². The molecular formula is C12H11ClN4O3S. The van der Waals surface area contributed by atoms with Crippen molar-refractivity contribution < 1.29 is 13.2 Å². The Balaban J connectivity index is 2.26. The van der Waals surface area contributed by atoms with Crippen LogP contribution in [0.3, 0.4) is 0 Å². The van der Waals surface area contributed by atoms with Crippen LogP contribution in [0.15, 0.2) is 47.5 Å². The minimum Gasteiger partial charge on any atom is -0.351 e. The molecule has 0 radical (unpaired) electrons. The molecule has 0 saturated carbocycles. The van der Waals surface area contributed by atoms with Gasteiger partial charge in [-0.1, -0.05) is 17.7 Å². The van der Waals surface area contributed by atoms with Gasteiger partial charge in [0, 0.05) is 11.9 Å². The summed E-state index contributed by atoms with van der Waals surface area (Å²) in [4.78, 5) is 14.5. The summed E-state index contributed by atoms with van der Waals surface area (Å²) in [6, 6.07) is 7.93. The highest BCUT2D eigenvalue weighted by Gasteiger charge is 2.15. The first kappa shape index (κ1) is 15.1. The van der Waals surface area contributed by atoms with E-state index in [1.54, 1.807) is 12.1 Å². The van der Waals surface area contributed by atoms with Crippen LogP contribution in [0.2, 0.25) is 5.15 Å². The number of halogens is 1. The van der Waals surface area contributed by atoms with E-state index in [0.29, 0.717) is 5.69 Å². The molecule has 2 rings (SSSR count). The lowest BCUT2D eigenvalue weighted by Gasteiger charge is -2.09. The molecule has 0 aliphatic rings. The van der Waals surface area contributed by atoms with E-state index in [4.69, 9.17) is 17.3 Å². The number of rotatable bonds is 4. The van der Waals surface area contributed by atoms with Crippen LogP contribution in [0.4, 0.5) is 16.2 Å². The highest BCUT2D eigenvalue weighted by atomic mass is 35.5. The molecule has 1 aromatic heterocycles. The fraction of sp³-hybridized carbons (Fsp3) is 0. The van der Waals surface area contributed by atoms with E-state index >= 15 is 0 Å². The first-order chi connectivity index (χ1) is 9.87. The SMILES string of the molecule is NC(=O)Nc1cccc(NS(=O)(=O)c2ccnc(Cl)c2)c1. The van der Waals surface area contributed by atoms with Crippen molar-refractivity contribution in [2.45, 2.75) is 4.90 Å². The second-order valence-corrected chi connectivity index (χ2v) is 6.06. The van der Waals surface area contributed by atoms with Crippen LogP contribution in [0, 0.1) is 0 Å². The van der Waals surface area contributed by atoms with E-state index in [9.17, 15) is 13.2 Å². The van der Waals surface area contributed by atoms with Gasteiger partial charge in [-0.05, 0) is 30.3 Å². The molecule has 1 heterocycles. The van der Waals surface area contributed by atoms with Gasteiger partial charge in [0.05, 0.1) is 10.6 Å². The molecule has 0 saturated heterocycles. The minimum absolute atomic E-state index is 0.0178. The summed E-state index contributed by atoms with van der Waals surface area (Å²) in [5, 5.41) is 2.42. The second kappa shape index (κ2) is 5.98. The normalized spacial score (nSPS) is 10.9. The molecule has 2 aromatic rings. The molecule has 0 aliphatic carbocycles. The largest absolute Gasteiger partial charge is 0.351 e. The Hall–Kier alpha value is -2.32. The summed E-state index contributed by atoms with van der Waals surface area (Å²) in [7, 11) is -3.80. The summed E-state index contributed by atoms with van der Waals surface area (Å²) >= 11 is 5.67. The third-order valence-corrected chi connectivity index (χ3v) is 3.98. The second-order valence-electron chi connectivity index (χ2n) is 3.99. The third-order valence-electron chi connectivity index (χ3n) is 2.39. The number of primary amides is 1. The molecule has 4 N–H and O–H groups in total. The quantitative estimate of drug-likeness (QED) is 0.746. The molecular weight excluding hydrogens is 316 g/mol. The van der Waals surface area contributed by atoms with Gasteiger partial charge in [0.1, 0.15) is 5.15 Å². The van der Waals surface area contributed by atoms with Gasteiger partial charge in [0.15, 0.2) is 0 Å². The molecule has 0 bridgehead atoms. The number of urea groups is 1. The Morgan fingerprint density at radius 1 is 1.19 bits per heavy atom. The Kier molecular flexibility index (Phi) is 4.29. The van der Waals surface area contributed by atoms with Crippen LogP contribution in [0.5, 0.6) is 0 Å². The third kappa shape index (κ3) is 4.07. The Morgan fingerprint density at radius 2 is 1.90 bits per heavy atom. The summed E-state index contributed by atoms with van der Waals surface area (Å²) < 4.78 is 26.7. The van der Waals surface area contributed by atoms with Gasteiger partial charge in [0.25, 0.3) is 10.0 Å². The van der Waals surface area contributed by atoms with Crippen molar-refractivity contribution in [2.24, 2.45) is 5.73 Å². The molecule has 110 valence electrons. The smallest absolute Gasteiger partial charge is 0.316 e. The standard InChI is InChI=1S/C12H11ClN4O3S/c13-11-7-10(4-5-15-11)21(19,20)17-9-3-1-2-8(6-9)16-12(14)18/h1-7,17H,(H3,14,16,18). The van der Waals surface area contributed by atoms with Crippen LogP contribution in [0.1, 0.15) is 0 Å². The van der Waals surface area contributed by atoms with Gasteiger partial charge in [-0.15, -0.1) is 0 Å². The van der Waals surface area contributed by atoms with E-state index in [0.717, 1.165) is 0 Å². The Labute approximate surface area is 126 Å². The summed E-state index contributed by atoms with van der Waals surface area (Å²) in [5.74, 6) is 0. The van der Waals surface area contributed by atoms with Gasteiger partial charge < -0.3 is 11.1 Å². The van der Waals surface area contributed by atoms with Gasteiger partial charge in [-0.3, -0.25) is 4.72 Å². The zero-order valence-electron chi connectivity index (χ0n) is 10.6. The maximum absolute atomic E-state index is 12.2. The van der Waals surface area contributed by atoms with E-state index in [1.165, 1.54) is 30.5 Å². The molecule has 0 aliphatic heterocycles. The zero-order valence-corrected chi connectivity index (χ0v) is 12.1. The maximum Gasteiger partial charge on any atom is 0.316 e. The minimum atomic E-state index is -3.80. The number of carbonyl (C=O) groups excluding carboxylic acids is 1. The van der Waals surface area contributed by atoms with Gasteiger partial charge in [0.2, 0.25) is 0 Å². The molecule has 21 heavy (non-hydrogen) atoms. The number of nitrogens with two attached hydrogens (primary N) is 1. The number of carbonyl (C=O) groups is 1. The van der Waals surface area contributed by atoms with Crippen LogP contribution in [-0.4, -0.2) is 19.4 Å². The lowest BCUT2D eigenvalue weighted by Crippen LogP contribution is -2.19. The average Bonchev–Trinajstić information content (AvgIpc) is 2.37. The monoisotopic (exact) mass is 326 g/mol. The molecule has 2 amide bonds. The lowest BCUT2D eigenvalue weighted by molar-refractivity contribution is 0.259. The molecule has 0 atom stereocenters. The highest BCUT2D eigenvalue weighted by molar-refractivity contribution is 7.92. The maximum atomic E-state index is 12.2. The Morgan fingerprint density at radius 3 is 2.57 bits per heavy atom. The predicted octanol–water partition coefficient (Wildman–Crippen LogP) is 2.03. The molecule has 9 heteroatoms. The number of pyridine rings is 1. The molecule has 0 spiro atoms. The number of hydrogen-bond acceptors (Lipinski definition) is 4. The lowest BCUT2D eigenvalue weighted by atomic mass is 10.3. The summed E-state index contributed by atoms with van der Waals surface area (Å²) in [5.41, 5.74) is 5.64. The molecule has 1 aromatic carbocycles. The molecule has 0 fully saturated rings. The van der Waals surface area contributed by atoms with Crippen LogP contribution in [-0.2, 0) is 10.0 Å². The fourth-order valence-corrected chi connectivity index (χ4v) is 2.87. The van der Waals surface area contributed by atoms with Crippen molar-refractivity contribution in [2.75, 3.05) is 10.0 Å². The number of benzene rings is 1. The number of sulfonamides is 1. The zero-order chi connectivity index (χ0) is 15.5. The van der Waals surface area contributed by atoms with Crippen molar-refractivity contribution in [3.8, 4) is 0 Å². The average molecular weight is 327 g/mol. The van der Waals surface area contributed by atoms with Crippen molar-refractivity contribution >= 4 is 39.0 Å². The number of aromatic nitrogens is 1. The Bertz CT molecular complexity index is 780. The van der Waals surface area contributed by atoms with Crippen molar-refractivity contribution in [3.05, 3.63) is 47.7 Å².